The monoisotopic (exact) mass is 474 g/mol. The van der Waals surface area contributed by atoms with E-state index in [1.54, 1.807) is 11.3 Å². The van der Waals surface area contributed by atoms with Crippen molar-refractivity contribution in [1.82, 2.24) is 19.7 Å². The van der Waals surface area contributed by atoms with Crippen molar-refractivity contribution in [3.63, 3.8) is 0 Å². The van der Waals surface area contributed by atoms with Gasteiger partial charge in [-0.15, -0.1) is 21.5 Å². The lowest BCUT2D eigenvalue weighted by molar-refractivity contribution is -0.131. The zero-order chi connectivity index (χ0) is 22.6. The van der Waals surface area contributed by atoms with Crippen LogP contribution in [0.4, 0.5) is 0 Å². The van der Waals surface area contributed by atoms with Gasteiger partial charge in [0.2, 0.25) is 5.91 Å². The van der Waals surface area contributed by atoms with E-state index in [4.69, 9.17) is 0 Å². The summed E-state index contributed by atoms with van der Waals surface area (Å²) in [5.41, 5.74) is 2.25. The fraction of sp³-hybridized carbons (Fsp3) is 0.269. The second kappa shape index (κ2) is 9.93. The lowest BCUT2D eigenvalue weighted by Gasteiger charge is -2.26. The van der Waals surface area contributed by atoms with Crippen molar-refractivity contribution in [3.8, 4) is 10.7 Å². The normalized spacial score (nSPS) is 14.2. The molecular formula is C26H26N4OS2. The third kappa shape index (κ3) is 5.20. The fourth-order valence-corrected chi connectivity index (χ4v) is 5.59. The maximum Gasteiger partial charge on any atom is 0.236 e. The SMILES string of the molecule is CC(Sc1nnc(-c2cccs2)n1C1CC1)C(=O)N(Cc1ccccc1)Cc1ccccc1. The topological polar surface area (TPSA) is 51.0 Å². The highest BCUT2D eigenvalue weighted by molar-refractivity contribution is 8.00. The van der Waals surface area contributed by atoms with E-state index < -0.39 is 0 Å². The molecule has 1 aliphatic carbocycles. The predicted octanol–water partition coefficient (Wildman–Crippen LogP) is 6.05. The maximum absolute atomic E-state index is 13.6. The summed E-state index contributed by atoms with van der Waals surface area (Å²) in [5.74, 6) is 1.02. The number of amides is 1. The average molecular weight is 475 g/mol. The molecule has 1 amide bonds. The molecule has 0 spiro atoms. The number of thioether (sulfide) groups is 1. The smallest absolute Gasteiger partial charge is 0.236 e. The molecule has 1 unspecified atom stereocenters. The van der Waals surface area contributed by atoms with Crippen LogP contribution in [0.15, 0.2) is 83.3 Å². The van der Waals surface area contributed by atoms with Gasteiger partial charge in [-0.2, -0.15) is 0 Å². The van der Waals surface area contributed by atoms with Crippen LogP contribution in [-0.4, -0.2) is 30.8 Å². The van der Waals surface area contributed by atoms with Gasteiger partial charge in [-0.25, -0.2) is 0 Å². The van der Waals surface area contributed by atoms with Gasteiger partial charge in [0.25, 0.3) is 0 Å². The van der Waals surface area contributed by atoms with Crippen molar-refractivity contribution in [2.45, 2.75) is 49.3 Å². The summed E-state index contributed by atoms with van der Waals surface area (Å²) in [6.45, 7) is 3.14. The molecule has 1 atom stereocenters. The van der Waals surface area contributed by atoms with Crippen molar-refractivity contribution >= 4 is 29.0 Å². The fourth-order valence-electron chi connectivity index (χ4n) is 3.88. The Balaban J connectivity index is 1.37. The van der Waals surface area contributed by atoms with Crippen molar-refractivity contribution in [2.24, 2.45) is 0 Å². The van der Waals surface area contributed by atoms with Gasteiger partial charge in [-0.3, -0.25) is 9.36 Å². The van der Waals surface area contributed by atoms with E-state index in [0.717, 1.165) is 39.8 Å². The molecule has 5 rings (SSSR count). The van der Waals surface area contributed by atoms with Gasteiger partial charge in [-0.05, 0) is 42.3 Å². The quantitative estimate of drug-likeness (QED) is 0.277. The molecule has 2 aromatic carbocycles. The average Bonchev–Trinajstić information content (AvgIpc) is 3.36. The van der Waals surface area contributed by atoms with E-state index in [2.05, 4.69) is 50.5 Å². The van der Waals surface area contributed by atoms with Gasteiger partial charge in [-0.1, -0.05) is 78.5 Å². The Kier molecular flexibility index (Phi) is 6.60. The first-order valence-corrected chi connectivity index (χ1v) is 13.0. The van der Waals surface area contributed by atoms with Crippen LogP contribution in [0.5, 0.6) is 0 Å². The Hall–Kier alpha value is -2.90. The zero-order valence-electron chi connectivity index (χ0n) is 18.5. The minimum absolute atomic E-state index is 0.107. The Morgan fingerprint density at radius 3 is 2.18 bits per heavy atom. The second-order valence-corrected chi connectivity index (χ2v) is 10.6. The third-order valence-corrected chi connectivity index (χ3v) is 7.60. The molecule has 5 nitrogen and oxygen atoms in total. The number of thiophene rings is 1. The highest BCUT2D eigenvalue weighted by Gasteiger charge is 2.32. The minimum atomic E-state index is -0.268. The summed E-state index contributed by atoms with van der Waals surface area (Å²) in [4.78, 5) is 16.7. The Bertz CT molecular complexity index is 1150. The van der Waals surface area contributed by atoms with Gasteiger partial charge in [0.05, 0.1) is 10.1 Å². The molecule has 0 aliphatic heterocycles. The van der Waals surface area contributed by atoms with Crippen molar-refractivity contribution in [2.75, 3.05) is 0 Å². The maximum atomic E-state index is 13.6. The molecule has 2 heterocycles. The second-order valence-electron chi connectivity index (χ2n) is 8.31. The van der Waals surface area contributed by atoms with Crippen LogP contribution in [0, 0.1) is 0 Å². The van der Waals surface area contributed by atoms with Crippen LogP contribution >= 0.6 is 23.1 Å². The number of carbonyl (C=O) groups excluding carboxylic acids is 1. The summed E-state index contributed by atoms with van der Waals surface area (Å²) in [5, 5.41) is 11.6. The number of benzene rings is 2. The van der Waals surface area contributed by atoms with E-state index in [1.807, 2.05) is 54.3 Å². The molecule has 0 radical (unpaired) electrons. The van der Waals surface area contributed by atoms with E-state index in [0.29, 0.717) is 19.1 Å². The van der Waals surface area contributed by atoms with E-state index in [9.17, 15) is 4.79 Å². The molecule has 7 heteroatoms. The number of nitrogens with zero attached hydrogens (tertiary/aromatic N) is 4. The van der Waals surface area contributed by atoms with Crippen LogP contribution in [-0.2, 0) is 17.9 Å². The largest absolute Gasteiger partial charge is 0.333 e. The van der Waals surface area contributed by atoms with Crippen molar-refractivity contribution < 1.29 is 4.79 Å². The molecule has 0 saturated heterocycles. The lowest BCUT2D eigenvalue weighted by atomic mass is 10.1. The summed E-state index contributed by atoms with van der Waals surface area (Å²) in [6, 6.07) is 24.9. The Morgan fingerprint density at radius 1 is 1.00 bits per heavy atom. The highest BCUT2D eigenvalue weighted by atomic mass is 32.2. The summed E-state index contributed by atoms with van der Waals surface area (Å²) >= 11 is 3.19. The lowest BCUT2D eigenvalue weighted by Crippen LogP contribution is -2.35. The Labute approximate surface area is 202 Å². The van der Waals surface area contributed by atoms with Crippen LogP contribution < -0.4 is 0 Å². The molecular weight excluding hydrogens is 448 g/mol. The van der Waals surface area contributed by atoms with Gasteiger partial charge in [0, 0.05) is 19.1 Å². The minimum Gasteiger partial charge on any atom is -0.333 e. The number of hydrogen-bond donors (Lipinski definition) is 0. The molecule has 0 bridgehead atoms. The molecule has 1 aliphatic rings. The number of carbonyl (C=O) groups is 1. The van der Waals surface area contributed by atoms with Crippen LogP contribution in [0.2, 0.25) is 0 Å². The van der Waals surface area contributed by atoms with E-state index in [1.165, 1.54) is 11.8 Å². The van der Waals surface area contributed by atoms with E-state index >= 15 is 0 Å². The van der Waals surface area contributed by atoms with Crippen LogP contribution in [0.25, 0.3) is 10.7 Å². The molecule has 1 saturated carbocycles. The number of rotatable bonds is 9. The summed E-state index contributed by atoms with van der Waals surface area (Å²) in [6.07, 6.45) is 2.28. The van der Waals surface area contributed by atoms with Crippen LogP contribution in [0.3, 0.4) is 0 Å². The molecule has 2 aromatic heterocycles. The Morgan fingerprint density at radius 2 is 1.64 bits per heavy atom. The predicted molar refractivity (Wildman–Crippen MR) is 134 cm³/mol. The van der Waals surface area contributed by atoms with Gasteiger partial charge < -0.3 is 4.90 Å². The van der Waals surface area contributed by atoms with Crippen molar-refractivity contribution in [3.05, 3.63) is 89.3 Å². The molecule has 4 aromatic rings. The molecule has 168 valence electrons. The number of aromatic nitrogens is 3. The molecule has 1 fully saturated rings. The van der Waals surface area contributed by atoms with Crippen molar-refractivity contribution in [1.29, 1.82) is 0 Å². The van der Waals surface area contributed by atoms with Gasteiger partial charge in [0.1, 0.15) is 0 Å². The van der Waals surface area contributed by atoms with Crippen LogP contribution in [0.1, 0.15) is 36.9 Å². The standard InChI is InChI=1S/C26H26N4OS2/c1-19(33-26-28-27-24(23-13-8-16-32-23)30(26)22-14-15-22)25(31)29(17-20-9-4-2-5-10-20)18-21-11-6-3-7-12-21/h2-13,16,19,22H,14-15,17-18H2,1H3. The highest BCUT2D eigenvalue weighted by Crippen LogP contribution is 2.42. The first-order chi connectivity index (χ1) is 16.2. The first-order valence-electron chi connectivity index (χ1n) is 11.2. The van der Waals surface area contributed by atoms with Gasteiger partial charge in [0.15, 0.2) is 11.0 Å². The molecule has 0 N–H and O–H groups in total. The zero-order valence-corrected chi connectivity index (χ0v) is 20.1. The van der Waals surface area contributed by atoms with E-state index in [-0.39, 0.29) is 11.2 Å². The third-order valence-electron chi connectivity index (χ3n) is 5.69. The molecule has 33 heavy (non-hydrogen) atoms. The summed E-state index contributed by atoms with van der Waals surface area (Å²) < 4.78 is 2.24. The summed E-state index contributed by atoms with van der Waals surface area (Å²) in [7, 11) is 0. The first kappa shape index (κ1) is 21.9. The van der Waals surface area contributed by atoms with Gasteiger partial charge >= 0.3 is 0 Å². The number of hydrogen-bond acceptors (Lipinski definition) is 5.